The molecule has 2 rings (SSSR count). The fourth-order valence-corrected chi connectivity index (χ4v) is 2.44. The molecule has 0 aromatic carbocycles. The van der Waals surface area contributed by atoms with Crippen LogP contribution in [-0.2, 0) is 0 Å². The summed E-state index contributed by atoms with van der Waals surface area (Å²) < 4.78 is 7.17. The quantitative estimate of drug-likeness (QED) is 0.897. The van der Waals surface area contributed by atoms with Crippen LogP contribution in [-0.4, -0.2) is 4.98 Å². The van der Waals surface area contributed by atoms with Crippen molar-refractivity contribution in [2.75, 3.05) is 5.32 Å². The summed E-state index contributed by atoms with van der Waals surface area (Å²) in [6.07, 6.45) is 3.42. The van der Waals surface area contributed by atoms with Crippen molar-refractivity contribution in [1.82, 2.24) is 4.98 Å². The van der Waals surface area contributed by atoms with Crippen molar-refractivity contribution in [3.05, 3.63) is 45.4 Å². The first-order valence-electron chi connectivity index (χ1n) is 4.78. The third-order valence-corrected chi connectivity index (χ3v) is 3.17. The van der Waals surface area contributed by atoms with Gasteiger partial charge in [-0.3, -0.25) is 0 Å². The van der Waals surface area contributed by atoms with E-state index < -0.39 is 0 Å². The highest BCUT2D eigenvalue weighted by Crippen LogP contribution is 2.26. The van der Waals surface area contributed by atoms with E-state index in [1.54, 1.807) is 12.5 Å². The average molecular weight is 346 g/mol. The molecule has 0 aliphatic heterocycles. The van der Waals surface area contributed by atoms with E-state index in [1.165, 1.54) is 0 Å². The smallest absolute Gasteiger partial charge is 0.140 e. The number of rotatable bonds is 3. The second-order valence-electron chi connectivity index (χ2n) is 3.37. The summed E-state index contributed by atoms with van der Waals surface area (Å²) in [6.45, 7) is 2.02. The first-order valence-corrected chi connectivity index (χ1v) is 6.36. The number of pyridine rings is 1. The van der Waals surface area contributed by atoms with Crippen LogP contribution in [0.2, 0.25) is 0 Å². The van der Waals surface area contributed by atoms with E-state index in [9.17, 15) is 0 Å². The lowest BCUT2D eigenvalue weighted by atomic mass is 10.2. The zero-order chi connectivity index (χ0) is 11.5. The molecule has 1 unspecified atom stereocenters. The first kappa shape index (κ1) is 11.7. The minimum atomic E-state index is 0.0833. The van der Waals surface area contributed by atoms with Gasteiger partial charge in [-0.1, -0.05) is 0 Å². The molecule has 0 spiro atoms. The lowest BCUT2D eigenvalue weighted by molar-refractivity contribution is 0.490. The molecule has 0 bridgehead atoms. The molecule has 16 heavy (non-hydrogen) atoms. The Kier molecular flexibility index (Phi) is 3.66. The summed E-state index contributed by atoms with van der Waals surface area (Å²) in [7, 11) is 0. The largest absolute Gasteiger partial charge is 0.467 e. The van der Waals surface area contributed by atoms with Crippen LogP contribution in [0, 0.1) is 0 Å². The third-order valence-electron chi connectivity index (χ3n) is 2.13. The van der Waals surface area contributed by atoms with E-state index in [-0.39, 0.29) is 6.04 Å². The van der Waals surface area contributed by atoms with Gasteiger partial charge >= 0.3 is 0 Å². The molecule has 2 aromatic heterocycles. The number of furan rings is 1. The lowest BCUT2D eigenvalue weighted by Gasteiger charge is -2.13. The van der Waals surface area contributed by atoms with Crippen molar-refractivity contribution in [2.24, 2.45) is 0 Å². The highest BCUT2D eigenvalue weighted by atomic mass is 79.9. The predicted molar refractivity (Wildman–Crippen MR) is 70.4 cm³/mol. The van der Waals surface area contributed by atoms with Gasteiger partial charge in [-0.05, 0) is 57.0 Å². The lowest BCUT2D eigenvalue weighted by Crippen LogP contribution is -2.07. The maximum Gasteiger partial charge on any atom is 0.140 e. The van der Waals surface area contributed by atoms with Crippen LogP contribution in [0.1, 0.15) is 18.7 Å². The van der Waals surface area contributed by atoms with Gasteiger partial charge < -0.3 is 9.73 Å². The van der Waals surface area contributed by atoms with Crippen molar-refractivity contribution in [3.63, 3.8) is 0 Å². The van der Waals surface area contributed by atoms with Gasteiger partial charge in [0.2, 0.25) is 0 Å². The Bertz CT molecular complexity index is 471. The number of nitrogens with zero attached hydrogens (tertiary/aromatic N) is 1. The number of hydrogen-bond donors (Lipinski definition) is 1. The van der Waals surface area contributed by atoms with Crippen LogP contribution in [0.3, 0.4) is 0 Å². The number of halogens is 2. The fourth-order valence-electron chi connectivity index (χ4n) is 1.33. The minimum Gasteiger partial charge on any atom is -0.467 e. The molecule has 0 fully saturated rings. The van der Waals surface area contributed by atoms with Crippen LogP contribution >= 0.6 is 31.9 Å². The molecule has 2 aromatic rings. The molecule has 3 nitrogen and oxygen atoms in total. The first-order chi connectivity index (χ1) is 7.66. The Balaban J connectivity index is 2.15. The number of anilines is 1. The molecule has 0 radical (unpaired) electrons. The second-order valence-corrected chi connectivity index (χ2v) is 5.14. The van der Waals surface area contributed by atoms with Crippen LogP contribution in [0.5, 0.6) is 0 Å². The summed E-state index contributed by atoms with van der Waals surface area (Å²) in [5.74, 6) is 1.68. The molecule has 0 aliphatic carbocycles. The number of aromatic nitrogens is 1. The molecule has 1 atom stereocenters. The Morgan fingerprint density at radius 1 is 1.44 bits per heavy atom. The maximum atomic E-state index is 5.32. The zero-order valence-corrected chi connectivity index (χ0v) is 11.7. The summed E-state index contributed by atoms with van der Waals surface area (Å²) in [5.41, 5.74) is 0. The van der Waals surface area contributed by atoms with E-state index >= 15 is 0 Å². The summed E-state index contributed by atoms with van der Waals surface area (Å²) in [4.78, 5) is 4.28. The topological polar surface area (TPSA) is 38.1 Å². The third kappa shape index (κ3) is 2.65. The minimum absolute atomic E-state index is 0.0833. The van der Waals surface area contributed by atoms with Gasteiger partial charge in [0.15, 0.2) is 0 Å². The fraction of sp³-hybridized carbons (Fsp3) is 0.182. The van der Waals surface area contributed by atoms with E-state index in [0.717, 1.165) is 20.5 Å². The molecular weight excluding hydrogens is 336 g/mol. The predicted octanol–water partition coefficient (Wildman–Crippen LogP) is 4.37. The summed E-state index contributed by atoms with van der Waals surface area (Å²) in [5, 5.41) is 3.27. The molecule has 1 N–H and O–H groups in total. The van der Waals surface area contributed by atoms with Crippen molar-refractivity contribution in [1.29, 1.82) is 0 Å². The Labute approximate surface area is 111 Å². The van der Waals surface area contributed by atoms with Crippen LogP contribution in [0.4, 0.5) is 5.82 Å². The maximum absolute atomic E-state index is 5.32. The monoisotopic (exact) mass is 344 g/mol. The van der Waals surface area contributed by atoms with Crippen molar-refractivity contribution < 1.29 is 4.42 Å². The second kappa shape index (κ2) is 5.01. The number of nitrogens with one attached hydrogen (secondary N) is 1. The van der Waals surface area contributed by atoms with Crippen molar-refractivity contribution >= 4 is 37.7 Å². The van der Waals surface area contributed by atoms with Crippen LogP contribution in [0.15, 0.2) is 44.0 Å². The normalized spacial score (nSPS) is 12.4. The van der Waals surface area contributed by atoms with E-state index in [4.69, 9.17) is 4.42 Å². The van der Waals surface area contributed by atoms with E-state index in [2.05, 4.69) is 42.2 Å². The molecule has 0 saturated carbocycles. The van der Waals surface area contributed by atoms with Gasteiger partial charge in [-0.15, -0.1) is 0 Å². The Morgan fingerprint density at radius 3 is 2.88 bits per heavy atom. The van der Waals surface area contributed by atoms with Crippen LogP contribution in [0.25, 0.3) is 0 Å². The number of hydrogen-bond acceptors (Lipinski definition) is 3. The molecule has 5 heteroatoms. The molecule has 0 saturated heterocycles. The SMILES string of the molecule is CC(Nc1ncc(Br)cc1Br)c1ccco1. The van der Waals surface area contributed by atoms with Gasteiger partial charge in [-0.25, -0.2) is 4.98 Å². The molecule has 84 valence electrons. The van der Waals surface area contributed by atoms with Gasteiger partial charge in [0.1, 0.15) is 11.6 Å². The highest BCUT2D eigenvalue weighted by molar-refractivity contribution is 9.11. The zero-order valence-electron chi connectivity index (χ0n) is 8.58. The van der Waals surface area contributed by atoms with Gasteiger partial charge in [-0.2, -0.15) is 0 Å². The van der Waals surface area contributed by atoms with Gasteiger partial charge in [0.05, 0.1) is 16.8 Å². The Morgan fingerprint density at radius 2 is 2.25 bits per heavy atom. The van der Waals surface area contributed by atoms with Gasteiger partial charge in [0.25, 0.3) is 0 Å². The molecule has 0 aliphatic rings. The van der Waals surface area contributed by atoms with Crippen molar-refractivity contribution in [3.8, 4) is 0 Å². The molecular formula is C11H10Br2N2O. The van der Waals surface area contributed by atoms with Gasteiger partial charge in [0, 0.05) is 10.7 Å². The summed E-state index contributed by atoms with van der Waals surface area (Å²) >= 11 is 6.82. The van der Waals surface area contributed by atoms with Crippen molar-refractivity contribution in [2.45, 2.75) is 13.0 Å². The standard InChI is InChI=1S/C11H10Br2N2O/c1-7(10-3-2-4-16-10)15-11-9(13)5-8(12)6-14-11/h2-7H,1H3,(H,14,15). The molecule has 2 heterocycles. The Hall–Kier alpha value is -0.810. The average Bonchev–Trinajstić information content (AvgIpc) is 2.75. The van der Waals surface area contributed by atoms with Crippen LogP contribution < -0.4 is 5.32 Å². The highest BCUT2D eigenvalue weighted by Gasteiger charge is 2.10. The molecule has 0 amide bonds. The summed E-state index contributed by atoms with van der Waals surface area (Å²) in [6, 6.07) is 5.84. The van der Waals surface area contributed by atoms with E-state index in [1.807, 2.05) is 25.1 Å². The van der Waals surface area contributed by atoms with E-state index in [0.29, 0.717) is 0 Å².